The van der Waals surface area contributed by atoms with Crippen LogP contribution in [0.25, 0.3) is 0 Å². The molecule has 0 saturated carbocycles. The Morgan fingerprint density at radius 1 is 0.846 bits per heavy atom. The zero-order valence-corrected chi connectivity index (χ0v) is 11.1. The third-order valence-corrected chi connectivity index (χ3v) is 8.48. The van der Waals surface area contributed by atoms with Crippen LogP contribution in [0.15, 0.2) is 0 Å². The molecule has 0 aliphatic heterocycles. The molecule has 0 fully saturated rings. The molecule has 0 aliphatic carbocycles. The van der Waals surface area contributed by atoms with E-state index in [2.05, 4.69) is 13.1 Å². The van der Waals surface area contributed by atoms with Gasteiger partial charge in [-0.15, -0.1) is 0 Å². The van der Waals surface area contributed by atoms with E-state index >= 15 is 0 Å². The lowest BCUT2D eigenvalue weighted by molar-refractivity contribution is -0.300. The van der Waals surface area contributed by atoms with E-state index in [4.69, 9.17) is 18.6 Å². The van der Waals surface area contributed by atoms with Gasteiger partial charge in [0.1, 0.15) is 0 Å². The summed E-state index contributed by atoms with van der Waals surface area (Å²) in [5.41, 5.74) is -0.961. The summed E-state index contributed by atoms with van der Waals surface area (Å²) >= 11 is 0. The Morgan fingerprint density at radius 3 is 1.31 bits per heavy atom. The van der Waals surface area contributed by atoms with Crippen molar-refractivity contribution in [1.82, 2.24) is 0 Å². The number of rotatable bonds is 5. The van der Waals surface area contributed by atoms with Crippen LogP contribution in [0.4, 0.5) is 0 Å². The van der Waals surface area contributed by atoms with Crippen molar-refractivity contribution < 1.29 is 18.6 Å². The van der Waals surface area contributed by atoms with Gasteiger partial charge >= 0.3 is 13.7 Å². The number of hydrogen-bond acceptors (Lipinski definition) is 4. The van der Waals surface area contributed by atoms with Crippen LogP contribution in [-0.2, 0) is 18.6 Å². The summed E-state index contributed by atoms with van der Waals surface area (Å²) in [6.45, 7) is 4.32. The van der Waals surface area contributed by atoms with Gasteiger partial charge in [0, 0.05) is 29.2 Å². The van der Waals surface area contributed by atoms with E-state index in [1.165, 1.54) is 0 Å². The van der Waals surface area contributed by atoms with Crippen molar-refractivity contribution in [1.29, 1.82) is 0 Å². The van der Waals surface area contributed by atoms with Crippen molar-refractivity contribution in [2.24, 2.45) is 0 Å². The van der Waals surface area contributed by atoms with Crippen LogP contribution < -0.4 is 0 Å². The lowest BCUT2D eigenvalue weighted by Crippen LogP contribution is -2.50. The fourth-order valence-electron chi connectivity index (χ4n) is 1.16. The standard InChI is InChI=1S/C7H18O4Si2/c1-8-7(9-2,10-3)13(11-4)12(5)6/h1-6H3. The van der Waals surface area contributed by atoms with Crippen LogP contribution in [0.1, 0.15) is 0 Å². The minimum absolute atomic E-state index is 0.612. The van der Waals surface area contributed by atoms with Crippen LogP contribution in [0.3, 0.4) is 0 Å². The molecule has 78 valence electrons. The van der Waals surface area contributed by atoms with Gasteiger partial charge in [-0.3, -0.25) is 0 Å². The van der Waals surface area contributed by atoms with Gasteiger partial charge in [-0.1, -0.05) is 13.1 Å². The monoisotopic (exact) mass is 222 g/mol. The fraction of sp³-hybridized carbons (Fsp3) is 1.00. The van der Waals surface area contributed by atoms with Crippen molar-refractivity contribution in [2.75, 3.05) is 28.4 Å². The molecule has 0 aromatic rings. The lowest BCUT2D eigenvalue weighted by Gasteiger charge is -2.30. The molecule has 4 nitrogen and oxygen atoms in total. The van der Waals surface area contributed by atoms with E-state index in [1.54, 1.807) is 28.4 Å². The smallest absolute Gasteiger partial charge is 0.312 e. The summed E-state index contributed by atoms with van der Waals surface area (Å²) in [5.74, 6) is 0. The first-order valence-electron chi connectivity index (χ1n) is 3.95. The molecule has 6 heteroatoms. The normalized spacial score (nSPS) is 11.2. The summed E-state index contributed by atoms with van der Waals surface area (Å²) in [5, 5.41) is 0. The number of ether oxygens (including phenoxy) is 3. The second-order valence-corrected chi connectivity index (χ2v) is 10.7. The molecule has 0 aromatic carbocycles. The van der Waals surface area contributed by atoms with Crippen molar-refractivity contribution in [2.45, 2.75) is 18.7 Å². The SMILES string of the molecule is CO[Si](=[Si](C)C)C(OC)(OC)OC. The Morgan fingerprint density at radius 2 is 1.23 bits per heavy atom. The Kier molecular flexibility index (Phi) is 5.81. The third-order valence-electron chi connectivity index (χ3n) is 1.74. The minimum Gasteiger partial charge on any atom is -0.551 e. The zero-order valence-electron chi connectivity index (χ0n) is 9.13. The average molecular weight is 222 g/mol. The molecule has 0 N–H and O–H groups in total. The molecule has 0 bridgehead atoms. The van der Waals surface area contributed by atoms with E-state index in [0.717, 1.165) is 0 Å². The van der Waals surface area contributed by atoms with Gasteiger partial charge in [0.25, 0.3) is 0 Å². The maximum absolute atomic E-state index is 5.42. The second-order valence-electron chi connectivity index (χ2n) is 2.70. The van der Waals surface area contributed by atoms with Crippen molar-refractivity contribution in [3.8, 4) is 0 Å². The highest BCUT2D eigenvalue weighted by Crippen LogP contribution is 2.13. The van der Waals surface area contributed by atoms with E-state index in [-0.39, 0.29) is 0 Å². The molecular formula is C7H18O4Si2. The number of hydrogen-bond donors (Lipinski definition) is 0. The molecule has 0 radical (unpaired) electrons. The van der Waals surface area contributed by atoms with E-state index in [1.807, 2.05) is 0 Å². The van der Waals surface area contributed by atoms with Gasteiger partial charge in [0.2, 0.25) is 0 Å². The minimum atomic E-state index is -1.22. The molecule has 0 unspecified atom stereocenters. The van der Waals surface area contributed by atoms with Crippen LogP contribution in [0.2, 0.25) is 13.1 Å². The van der Waals surface area contributed by atoms with E-state index in [9.17, 15) is 0 Å². The van der Waals surface area contributed by atoms with Gasteiger partial charge in [0.15, 0.2) is 0 Å². The predicted octanol–water partition coefficient (Wildman–Crippen LogP) is 0.589. The lowest BCUT2D eigenvalue weighted by atomic mass is 11.1. The van der Waals surface area contributed by atoms with Gasteiger partial charge in [-0.2, -0.15) is 0 Å². The topological polar surface area (TPSA) is 36.9 Å². The zero-order chi connectivity index (χ0) is 10.5. The van der Waals surface area contributed by atoms with E-state index < -0.39 is 21.6 Å². The first-order valence-corrected chi connectivity index (χ1v) is 8.86. The molecule has 0 heterocycles. The van der Waals surface area contributed by atoms with Gasteiger partial charge < -0.3 is 18.6 Å². The number of methoxy groups -OCH3 is 3. The summed E-state index contributed by atoms with van der Waals surface area (Å²) in [6, 6.07) is 0. The van der Waals surface area contributed by atoms with Gasteiger partial charge in [0.05, 0.1) is 7.11 Å². The molecule has 0 aromatic heterocycles. The van der Waals surface area contributed by atoms with Gasteiger partial charge in [-0.25, -0.2) is 0 Å². The molecule has 0 saturated heterocycles. The molecule has 0 aliphatic rings. The first kappa shape index (κ1) is 13.1. The quantitative estimate of drug-likeness (QED) is 0.504. The first-order chi connectivity index (χ1) is 6.07. The Labute approximate surface area is 82.4 Å². The van der Waals surface area contributed by atoms with Gasteiger partial charge in [-0.05, 0) is 0 Å². The molecule has 13 heavy (non-hydrogen) atoms. The summed E-state index contributed by atoms with van der Waals surface area (Å²) in [7, 11) is 4.56. The van der Waals surface area contributed by atoms with E-state index in [0.29, 0.717) is 0 Å². The third kappa shape index (κ3) is 2.78. The van der Waals surface area contributed by atoms with Crippen LogP contribution in [0.5, 0.6) is 0 Å². The molecule has 0 amide bonds. The Balaban J connectivity index is 5.01. The maximum atomic E-state index is 5.42. The highest BCUT2D eigenvalue weighted by Gasteiger charge is 2.38. The maximum Gasteiger partial charge on any atom is 0.312 e. The predicted molar refractivity (Wildman–Crippen MR) is 54.0 cm³/mol. The van der Waals surface area contributed by atoms with Crippen LogP contribution >= 0.6 is 0 Å². The highest BCUT2D eigenvalue weighted by molar-refractivity contribution is 6.93. The second kappa shape index (κ2) is 5.76. The molecular weight excluding hydrogens is 204 g/mol. The fourth-order valence-corrected chi connectivity index (χ4v) is 6.97. The van der Waals surface area contributed by atoms with Crippen molar-refractivity contribution in [3.05, 3.63) is 0 Å². The van der Waals surface area contributed by atoms with Crippen LogP contribution in [-0.4, -0.2) is 50.1 Å². The molecule has 0 atom stereocenters. The Bertz CT molecular complexity index is 177. The highest BCUT2D eigenvalue weighted by atomic mass is 28.9. The average Bonchev–Trinajstić information content (AvgIpc) is 2.13. The Hall–Kier alpha value is 0.114. The summed E-state index contributed by atoms with van der Waals surface area (Å²) in [4.78, 5) is 0. The largest absolute Gasteiger partial charge is 0.551 e. The molecule has 0 rings (SSSR count). The van der Waals surface area contributed by atoms with Crippen molar-refractivity contribution in [3.63, 3.8) is 0 Å². The van der Waals surface area contributed by atoms with Crippen molar-refractivity contribution >= 4 is 16.0 Å². The van der Waals surface area contributed by atoms with Crippen LogP contribution in [0, 0.1) is 0 Å². The summed E-state index contributed by atoms with van der Waals surface area (Å²) < 4.78 is 21.2. The molecule has 0 spiro atoms. The summed E-state index contributed by atoms with van der Waals surface area (Å²) in [6.07, 6.45) is 0.